The van der Waals surface area contributed by atoms with Crippen LogP contribution < -0.4 is 5.32 Å². The second kappa shape index (κ2) is 5.88. The first-order valence-electron chi connectivity index (χ1n) is 6.68. The first-order valence-corrected chi connectivity index (χ1v) is 7.93. The van der Waals surface area contributed by atoms with E-state index in [-0.39, 0.29) is 11.3 Å². The van der Waals surface area contributed by atoms with Crippen molar-refractivity contribution in [2.24, 2.45) is 0 Å². The number of benzene rings is 2. The summed E-state index contributed by atoms with van der Waals surface area (Å²) in [4.78, 5) is 13.1. The van der Waals surface area contributed by atoms with Gasteiger partial charge in [0.15, 0.2) is 0 Å². The maximum Gasteiger partial charge on any atom is 0.265 e. The third-order valence-electron chi connectivity index (χ3n) is 3.29. The maximum atomic E-state index is 12.4. The molecule has 106 valence electrons. The first kappa shape index (κ1) is 14.1. The van der Waals surface area contributed by atoms with Crippen molar-refractivity contribution in [3.05, 3.63) is 65.0 Å². The number of anilines is 1. The van der Waals surface area contributed by atoms with E-state index in [2.05, 4.69) is 5.32 Å². The number of carbonyl (C=O) groups is 1. The molecular formula is C17H14ClNOS. The average Bonchev–Trinajstić information content (AvgIpc) is 2.91. The number of rotatable bonds is 3. The number of thiophene rings is 1. The number of alkyl halides is 1. The van der Waals surface area contributed by atoms with Gasteiger partial charge in [-0.25, -0.2) is 0 Å². The van der Waals surface area contributed by atoms with Crippen LogP contribution in [0.5, 0.6) is 0 Å². The molecule has 0 radical (unpaired) electrons. The van der Waals surface area contributed by atoms with Crippen molar-refractivity contribution < 1.29 is 4.79 Å². The van der Waals surface area contributed by atoms with Gasteiger partial charge < -0.3 is 5.32 Å². The molecule has 0 fully saturated rings. The Bertz CT molecular complexity index is 761. The van der Waals surface area contributed by atoms with Gasteiger partial charge in [-0.3, -0.25) is 4.79 Å². The van der Waals surface area contributed by atoms with Crippen LogP contribution in [0.25, 0.3) is 10.1 Å². The summed E-state index contributed by atoms with van der Waals surface area (Å²) in [5.74, 6) is -0.0963. The van der Waals surface area contributed by atoms with E-state index in [1.807, 2.05) is 61.5 Å². The van der Waals surface area contributed by atoms with Crippen LogP contribution in [0.2, 0.25) is 0 Å². The number of nitrogens with one attached hydrogen (secondary N) is 1. The van der Waals surface area contributed by atoms with Crippen LogP contribution in [-0.2, 0) is 0 Å². The van der Waals surface area contributed by atoms with Crippen molar-refractivity contribution in [3.63, 3.8) is 0 Å². The molecule has 0 aliphatic heterocycles. The molecular weight excluding hydrogens is 302 g/mol. The van der Waals surface area contributed by atoms with E-state index < -0.39 is 0 Å². The van der Waals surface area contributed by atoms with Crippen LogP contribution in [0, 0.1) is 0 Å². The van der Waals surface area contributed by atoms with Gasteiger partial charge in [0.25, 0.3) is 5.91 Å². The minimum atomic E-state index is -0.149. The van der Waals surface area contributed by atoms with E-state index in [9.17, 15) is 4.79 Å². The van der Waals surface area contributed by atoms with E-state index in [4.69, 9.17) is 11.6 Å². The molecule has 3 aromatic rings. The van der Waals surface area contributed by atoms with Gasteiger partial charge in [-0.1, -0.05) is 36.4 Å². The van der Waals surface area contributed by atoms with E-state index in [1.54, 1.807) is 0 Å². The Balaban J connectivity index is 1.89. The first-order chi connectivity index (χ1) is 10.1. The number of fused-ring (bicyclic) bond motifs is 1. The van der Waals surface area contributed by atoms with E-state index in [0.29, 0.717) is 4.88 Å². The molecule has 0 bridgehead atoms. The summed E-state index contributed by atoms with van der Waals surface area (Å²) in [6, 6.07) is 17.5. The molecule has 1 amide bonds. The Morgan fingerprint density at radius 1 is 1.14 bits per heavy atom. The summed E-state index contributed by atoms with van der Waals surface area (Å²) in [5.41, 5.74) is 1.69. The smallest absolute Gasteiger partial charge is 0.265 e. The lowest BCUT2D eigenvalue weighted by atomic mass is 10.1. The van der Waals surface area contributed by atoms with Gasteiger partial charge in [-0.05, 0) is 36.1 Å². The predicted molar refractivity (Wildman–Crippen MR) is 90.5 cm³/mol. The Hall–Kier alpha value is -1.84. The van der Waals surface area contributed by atoms with Gasteiger partial charge in [0.2, 0.25) is 0 Å². The molecule has 21 heavy (non-hydrogen) atoms. The molecule has 1 aromatic heterocycles. The maximum absolute atomic E-state index is 12.4. The summed E-state index contributed by atoms with van der Waals surface area (Å²) in [6.07, 6.45) is 0. The highest BCUT2D eigenvalue weighted by Gasteiger charge is 2.13. The molecule has 0 saturated heterocycles. The third kappa shape index (κ3) is 2.94. The summed E-state index contributed by atoms with van der Waals surface area (Å²) in [5, 5.41) is 3.90. The van der Waals surface area contributed by atoms with Crippen molar-refractivity contribution in [1.82, 2.24) is 0 Å². The van der Waals surface area contributed by atoms with Crippen LogP contribution >= 0.6 is 22.9 Å². The van der Waals surface area contributed by atoms with E-state index >= 15 is 0 Å². The molecule has 0 saturated carbocycles. The summed E-state index contributed by atoms with van der Waals surface area (Å²) >= 11 is 7.65. The van der Waals surface area contributed by atoms with Gasteiger partial charge in [0.1, 0.15) is 0 Å². The molecule has 4 heteroatoms. The Kier molecular flexibility index (Phi) is 3.95. The van der Waals surface area contributed by atoms with Gasteiger partial charge in [-0.2, -0.15) is 0 Å². The number of hydrogen-bond acceptors (Lipinski definition) is 2. The average molecular weight is 316 g/mol. The number of halogens is 1. The van der Waals surface area contributed by atoms with Crippen molar-refractivity contribution in [2.45, 2.75) is 12.3 Å². The topological polar surface area (TPSA) is 29.1 Å². The number of carbonyl (C=O) groups excluding carboxylic acids is 1. The van der Waals surface area contributed by atoms with Gasteiger partial charge >= 0.3 is 0 Å². The zero-order valence-electron chi connectivity index (χ0n) is 11.5. The molecule has 0 spiro atoms. The highest BCUT2D eigenvalue weighted by atomic mass is 35.5. The van der Waals surface area contributed by atoms with Gasteiger partial charge in [0, 0.05) is 10.4 Å². The lowest BCUT2D eigenvalue weighted by molar-refractivity contribution is 0.103. The highest BCUT2D eigenvalue weighted by Crippen LogP contribution is 2.29. The molecule has 2 nitrogen and oxygen atoms in total. The molecule has 1 N–H and O–H groups in total. The minimum absolute atomic E-state index is 0.0963. The van der Waals surface area contributed by atoms with E-state index in [1.165, 1.54) is 11.3 Å². The lowest BCUT2D eigenvalue weighted by Crippen LogP contribution is -2.11. The molecule has 1 unspecified atom stereocenters. The summed E-state index contributed by atoms with van der Waals surface area (Å²) < 4.78 is 1.11. The fourth-order valence-corrected chi connectivity index (χ4v) is 3.38. The van der Waals surface area contributed by atoms with Crippen LogP contribution in [0.4, 0.5) is 5.69 Å². The van der Waals surface area contributed by atoms with Crippen LogP contribution in [0.1, 0.15) is 27.5 Å². The molecule has 0 aliphatic carbocycles. The normalized spacial score (nSPS) is 12.3. The fraction of sp³-hybridized carbons (Fsp3) is 0.118. The molecule has 3 rings (SSSR count). The largest absolute Gasteiger partial charge is 0.321 e. The Morgan fingerprint density at radius 2 is 1.86 bits per heavy atom. The van der Waals surface area contributed by atoms with E-state index in [0.717, 1.165) is 21.3 Å². The van der Waals surface area contributed by atoms with Gasteiger partial charge in [-0.15, -0.1) is 22.9 Å². The Morgan fingerprint density at radius 3 is 2.62 bits per heavy atom. The number of amides is 1. The second-order valence-corrected chi connectivity index (χ2v) is 6.54. The standard InChI is InChI=1S/C17H14ClNOS/c1-11(18)13-7-3-4-8-14(13)19-17(20)16-10-12-6-2-5-9-15(12)21-16/h2-11H,1H3,(H,19,20). The van der Waals surface area contributed by atoms with Crippen molar-refractivity contribution in [3.8, 4) is 0 Å². The second-order valence-electron chi connectivity index (χ2n) is 4.81. The zero-order chi connectivity index (χ0) is 14.8. The zero-order valence-corrected chi connectivity index (χ0v) is 13.0. The number of hydrogen-bond donors (Lipinski definition) is 1. The molecule has 1 heterocycles. The van der Waals surface area contributed by atoms with Crippen molar-refractivity contribution >= 4 is 44.6 Å². The monoisotopic (exact) mass is 315 g/mol. The summed E-state index contributed by atoms with van der Waals surface area (Å²) in [7, 11) is 0. The molecule has 0 aliphatic rings. The SMILES string of the molecule is CC(Cl)c1ccccc1NC(=O)c1cc2ccccc2s1. The predicted octanol–water partition coefficient (Wildman–Crippen LogP) is 5.45. The highest BCUT2D eigenvalue weighted by molar-refractivity contribution is 7.20. The number of para-hydroxylation sites is 1. The quantitative estimate of drug-likeness (QED) is 0.639. The third-order valence-corrected chi connectivity index (χ3v) is 4.64. The van der Waals surface area contributed by atoms with Crippen molar-refractivity contribution in [2.75, 3.05) is 5.32 Å². The molecule has 2 aromatic carbocycles. The van der Waals surface area contributed by atoms with Crippen molar-refractivity contribution in [1.29, 1.82) is 0 Å². The van der Waals surface area contributed by atoms with Crippen LogP contribution in [-0.4, -0.2) is 5.91 Å². The van der Waals surface area contributed by atoms with Crippen LogP contribution in [0.3, 0.4) is 0 Å². The fourth-order valence-electron chi connectivity index (χ4n) is 2.24. The van der Waals surface area contributed by atoms with Gasteiger partial charge in [0.05, 0.1) is 10.3 Å². The van der Waals surface area contributed by atoms with Crippen LogP contribution in [0.15, 0.2) is 54.6 Å². The Labute approximate surface area is 132 Å². The summed E-state index contributed by atoms with van der Waals surface area (Å²) in [6.45, 7) is 1.89. The minimum Gasteiger partial charge on any atom is -0.321 e. The lowest BCUT2D eigenvalue weighted by Gasteiger charge is -2.11. The molecule has 1 atom stereocenters.